The number of benzene rings is 3. The van der Waals surface area contributed by atoms with Crippen molar-refractivity contribution in [1.29, 1.82) is 0 Å². The third kappa shape index (κ3) is 12.7. The van der Waals surface area contributed by atoms with E-state index in [0.29, 0.717) is 47.7 Å². The molecule has 4 atom stereocenters. The van der Waals surface area contributed by atoms with E-state index in [1.165, 1.54) is 4.90 Å². The number of aliphatic imine (C=N–C) groups is 1. The molecule has 73 heavy (non-hydrogen) atoms. The number of rotatable bonds is 19. The Kier molecular flexibility index (Phi) is 16.9. The van der Waals surface area contributed by atoms with Gasteiger partial charge in [-0.25, -0.2) is 4.98 Å². The van der Waals surface area contributed by atoms with E-state index in [1.54, 1.807) is 28.7 Å². The van der Waals surface area contributed by atoms with E-state index in [4.69, 9.17) is 26.1 Å². The number of likely N-dealkylation sites (tertiary alicyclic amines) is 1. The molecule has 0 spiro atoms. The number of β-amino-alcohol motifs (C(OH)–C–C–N with tert-alkyl or cyclic N) is 1. The molecule has 0 aliphatic carbocycles. The highest BCUT2D eigenvalue weighted by atomic mass is 35.5. The maximum atomic E-state index is 14.0. The van der Waals surface area contributed by atoms with Gasteiger partial charge in [0.1, 0.15) is 41.3 Å². The summed E-state index contributed by atoms with van der Waals surface area (Å²) in [6.07, 6.45) is 1.43. The molecule has 0 saturated carbocycles. The summed E-state index contributed by atoms with van der Waals surface area (Å²) in [5.41, 5.74) is 8.38. The van der Waals surface area contributed by atoms with Crippen molar-refractivity contribution in [2.24, 2.45) is 10.4 Å². The predicted molar refractivity (Wildman–Crippen MR) is 285 cm³/mol. The molecule has 3 aromatic carbocycles. The van der Waals surface area contributed by atoms with E-state index in [1.807, 2.05) is 111 Å². The summed E-state index contributed by atoms with van der Waals surface area (Å²) >= 11 is 9.49. The molecule has 1 fully saturated rings. The van der Waals surface area contributed by atoms with Crippen LogP contribution in [0.5, 0.6) is 5.75 Å². The molecule has 19 heteroatoms. The van der Waals surface area contributed by atoms with Gasteiger partial charge in [-0.05, 0) is 93.3 Å². The molecule has 3 aromatic heterocycles. The maximum Gasteiger partial charge on any atom is 0.246 e. The Bertz CT molecular complexity index is 2980. The fourth-order valence-electron chi connectivity index (χ4n) is 9.00. The lowest BCUT2D eigenvalue weighted by Gasteiger charge is -2.35. The molecule has 16 nitrogen and oxygen atoms in total. The van der Waals surface area contributed by atoms with E-state index in [0.717, 1.165) is 66.8 Å². The number of aliphatic hydroxyl groups excluding tert-OH is 1. The van der Waals surface area contributed by atoms with E-state index in [-0.39, 0.29) is 44.4 Å². The van der Waals surface area contributed by atoms with Gasteiger partial charge in [0.2, 0.25) is 23.6 Å². The van der Waals surface area contributed by atoms with E-state index < -0.39 is 41.5 Å². The van der Waals surface area contributed by atoms with Gasteiger partial charge in [0, 0.05) is 58.9 Å². The van der Waals surface area contributed by atoms with Crippen LogP contribution in [0.1, 0.15) is 103 Å². The monoisotopic (exact) mass is 1050 g/mol. The smallest absolute Gasteiger partial charge is 0.246 e. The molecule has 4 N–H and O–H groups in total. The number of aliphatic hydroxyl groups is 1. The number of aromatic nitrogens is 4. The number of carbonyl (C=O) groups excluding carboxylic acids is 4. The molecule has 8 rings (SSSR count). The van der Waals surface area contributed by atoms with Crippen molar-refractivity contribution in [2.75, 3.05) is 31.7 Å². The number of anilines is 1. The second kappa shape index (κ2) is 23.3. The normalized spacial score (nSPS) is 16.8. The molecule has 1 unspecified atom stereocenters. The fourth-order valence-corrected chi connectivity index (χ4v) is 11.2. The van der Waals surface area contributed by atoms with Crippen LogP contribution in [0.4, 0.5) is 5.69 Å². The van der Waals surface area contributed by atoms with Crippen LogP contribution in [0.25, 0.3) is 15.4 Å². The minimum atomic E-state index is -0.961. The van der Waals surface area contributed by atoms with Crippen LogP contribution in [0.3, 0.4) is 0 Å². The largest absolute Gasteiger partial charge is 0.494 e. The highest BCUT2D eigenvalue weighted by Gasteiger charge is 2.44. The lowest BCUT2D eigenvalue weighted by atomic mass is 9.85. The third-order valence-electron chi connectivity index (χ3n) is 13.0. The summed E-state index contributed by atoms with van der Waals surface area (Å²) in [5, 5.41) is 29.9. The number of halogens is 1. The molecule has 0 bridgehead atoms. The molecule has 6 aromatic rings. The summed E-state index contributed by atoms with van der Waals surface area (Å²) < 4.78 is 13.8. The van der Waals surface area contributed by atoms with Gasteiger partial charge in [-0.15, -0.1) is 32.9 Å². The van der Waals surface area contributed by atoms with Gasteiger partial charge in [-0.2, -0.15) is 0 Å². The fraction of sp³-hybridized carbons (Fsp3) is 0.407. The van der Waals surface area contributed by atoms with Gasteiger partial charge < -0.3 is 35.4 Å². The SMILES string of the molecule is Cc1ncsc1-c1ccc(CNC(=O)[C@@H]2C[C@@H](O)CN2C(=O)C(NC(=O)COCCCCCOc2cccc(NC(=O)C[C@@H]3N=C(c4ccc(Cl)cc4)c4c(sc(C)c4C)-n4c(C)nnc43)c2)C(C)(C)C)cc1. The zero-order valence-corrected chi connectivity index (χ0v) is 44.5. The summed E-state index contributed by atoms with van der Waals surface area (Å²) in [5.74, 6) is 0.423. The second-order valence-corrected chi connectivity index (χ2v) is 22.1. The Labute approximate surface area is 438 Å². The van der Waals surface area contributed by atoms with E-state index in [9.17, 15) is 24.3 Å². The number of nitrogens with zero attached hydrogens (tertiary/aromatic N) is 6. The Morgan fingerprint density at radius 3 is 2.38 bits per heavy atom. The first kappa shape index (κ1) is 53.0. The molecular weight excluding hydrogens is 986 g/mol. The first-order chi connectivity index (χ1) is 34.9. The zero-order chi connectivity index (χ0) is 52.0. The van der Waals surface area contributed by atoms with Gasteiger partial charge in [-0.1, -0.05) is 74.8 Å². The van der Waals surface area contributed by atoms with Gasteiger partial charge >= 0.3 is 0 Å². The van der Waals surface area contributed by atoms with Crippen LogP contribution >= 0.6 is 34.3 Å². The number of carbonyl (C=O) groups is 4. The number of thiophene rings is 1. The van der Waals surface area contributed by atoms with Crippen molar-refractivity contribution in [1.82, 2.24) is 35.3 Å². The van der Waals surface area contributed by atoms with E-state index in [2.05, 4.69) is 45.0 Å². The quantitative estimate of drug-likeness (QED) is 0.0569. The average molecular weight is 1050 g/mol. The molecular formula is C54H62ClN9O7S2. The maximum absolute atomic E-state index is 14.0. The Hall–Kier alpha value is -6.31. The van der Waals surface area contributed by atoms with Gasteiger partial charge in [0.05, 0.1) is 40.9 Å². The molecule has 1 saturated heterocycles. The van der Waals surface area contributed by atoms with E-state index >= 15 is 0 Å². The highest BCUT2D eigenvalue weighted by Crippen LogP contribution is 2.40. The lowest BCUT2D eigenvalue weighted by molar-refractivity contribution is -0.144. The molecule has 5 heterocycles. The number of fused-ring (bicyclic) bond motifs is 3. The van der Waals surface area contributed by atoms with Gasteiger partial charge in [0.15, 0.2) is 5.82 Å². The van der Waals surface area contributed by atoms with Crippen molar-refractivity contribution >= 4 is 69.3 Å². The second-order valence-electron chi connectivity index (χ2n) is 19.6. The number of nitrogens with one attached hydrogen (secondary N) is 3. The average Bonchev–Trinajstić information content (AvgIpc) is 4.13. The Morgan fingerprint density at radius 1 is 0.918 bits per heavy atom. The van der Waals surface area contributed by atoms with Crippen LogP contribution < -0.4 is 20.7 Å². The van der Waals surface area contributed by atoms with Crippen LogP contribution in [-0.2, 0) is 30.5 Å². The number of aryl methyl sites for hydroxylation is 3. The van der Waals surface area contributed by atoms with Crippen LogP contribution in [-0.4, -0.2) is 104 Å². The van der Waals surface area contributed by atoms with Crippen LogP contribution in [0, 0.1) is 33.1 Å². The van der Waals surface area contributed by atoms with Crippen LogP contribution in [0.15, 0.2) is 83.3 Å². The summed E-state index contributed by atoms with van der Waals surface area (Å²) in [7, 11) is 0. The minimum absolute atomic E-state index is 0.0164. The third-order valence-corrected chi connectivity index (χ3v) is 15.4. The zero-order valence-electron chi connectivity index (χ0n) is 42.2. The number of amides is 4. The van der Waals surface area contributed by atoms with Gasteiger partial charge in [0.25, 0.3) is 0 Å². The topological polar surface area (TPSA) is 202 Å². The van der Waals surface area contributed by atoms with Crippen molar-refractivity contribution in [3.63, 3.8) is 0 Å². The number of thiazole rings is 1. The van der Waals surface area contributed by atoms with Crippen molar-refractivity contribution in [3.05, 3.63) is 128 Å². The lowest BCUT2D eigenvalue weighted by Crippen LogP contribution is -2.58. The number of hydrogen-bond donors (Lipinski definition) is 4. The van der Waals surface area contributed by atoms with Crippen molar-refractivity contribution < 1.29 is 33.8 Å². The first-order valence-corrected chi connectivity index (χ1v) is 26.5. The van der Waals surface area contributed by atoms with Crippen LogP contribution in [0.2, 0.25) is 5.02 Å². The highest BCUT2D eigenvalue weighted by molar-refractivity contribution is 7.15. The van der Waals surface area contributed by atoms with Crippen molar-refractivity contribution in [2.45, 2.75) is 111 Å². The molecule has 384 valence electrons. The Balaban J connectivity index is 0.769. The first-order valence-electron chi connectivity index (χ1n) is 24.5. The summed E-state index contributed by atoms with van der Waals surface area (Å²) in [6.45, 7) is 14.3. The molecule has 4 amide bonds. The minimum Gasteiger partial charge on any atom is -0.494 e. The summed E-state index contributed by atoms with van der Waals surface area (Å²) in [6, 6.07) is 20.2. The number of hydrogen-bond acceptors (Lipinski definition) is 13. The molecule has 2 aliphatic heterocycles. The standard InChI is InChI=1S/C54H62ClN9O7S2/c1-31-33(3)73-53-46(31)47(36-18-20-38(55)21-19-36)59-42(50-62-61-34(4)64(50)53)26-44(66)58-39-12-11-13-41(24-39)71-23-10-8-9-22-70-29-45(67)60-49(54(5,6)7)52(69)63-28-40(65)25-43(63)51(68)56-27-35-14-16-37(17-15-35)48-32(2)57-30-72-48/h11-21,24,30,40,42-43,49,65H,8-10,22-23,25-29H2,1-7H3,(H,56,68)(H,58,66)(H,60,67)/t40-,42+,43+,49?/m1/s1. The van der Waals surface area contributed by atoms with Crippen molar-refractivity contribution in [3.8, 4) is 21.2 Å². The number of unbranched alkanes of at least 4 members (excludes halogenated alkanes) is 2. The summed E-state index contributed by atoms with van der Waals surface area (Å²) in [4.78, 5) is 67.6. The molecule has 0 radical (unpaired) electrons. The van der Waals surface area contributed by atoms with Gasteiger partial charge in [-0.3, -0.25) is 28.7 Å². The molecule has 2 aliphatic rings. The Morgan fingerprint density at radius 2 is 1.66 bits per heavy atom. The predicted octanol–water partition coefficient (Wildman–Crippen LogP) is 8.64. The number of ether oxygens (including phenoxy) is 2.